The minimum Gasteiger partial charge on any atom is -0.450 e. The standard InChI is InChI=1S/C21H17F5N4O/c22-13-7-11(30-16-1-3-20(4-5-20)10-29-16)8-14(23)18(13)31-15-2-6-27-19-17(15)12(9-28-19)21(24,25)26/h1-2,6-9,29-30H,3-5,10H2,(H,27,28). The fourth-order valence-corrected chi connectivity index (χ4v) is 3.73. The number of nitrogens with one attached hydrogen (secondary N) is 3. The number of ether oxygens (including phenoxy) is 1. The maximum atomic E-state index is 14.7. The summed E-state index contributed by atoms with van der Waals surface area (Å²) in [6, 6.07) is 3.19. The lowest BCUT2D eigenvalue weighted by Crippen LogP contribution is -2.31. The molecule has 162 valence electrons. The van der Waals surface area contributed by atoms with Crippen LogP contribution < -0.4 is 15.4 Å². The van der Waals surface area contributed by atoms with Crippen molar-refractivity contribution in [1.82, 2.24) is 15.3 Å². The molecule has 1 aromatic carbocycles. The average molecular weight is 436 g/mol. The van der Waals surface area contributed by atoms with Crippen molar-refractivity contribution in [2.45, 2.75) is 25.4 Å². The molecule has 1 spiro atoms. The number of hydrogen-bond donors (Lipinski definition) is 3. The Balaban J connectivity index is 1.43. The lowest BCUT2D eigenvalue weighted by atomic mass is 10.00. The van der Waals surface area contributed by atoms with Gasteiger partial charge in [-0.05, 0) is 36.8 Å². The van der Waals surface area contributed by atoms with Gasteiger partial charge in [0.05, 0.1) is 16.8 Å². The summed E-state index contributed by atoms with van der Waals surface area (Å²) >= 11 is 0. The second kappa shape index (κ2) is 6.86. The number of benzene rings is 1. The molecule has 2 aliphatic rings. The first-order valence-electron chi connectivity index (χ1n) is 9.65. The Bertz CT molecular complexity index is 1170. The van der Waals surface area contributed by atoms with Crippen molar-refractivity contribution in [3.05, 3.63) is 59.7 Å². The van der Waals surface area contributed by atoms with E-state index in [0.717, 1.165) is 37.4 Å². The summed E-state index contributed by atoms with van der Waals surface area (Å²) < 4.78 is 74.4. The number of aromatic nitrogens is 2. The van der Waals surface area contributed by atoms with E-state index in [1.165, 1.54) is 19.0 Å². The van der Waals surface area contributed by atoms with Crippen molar-refractivity contribution in [2.75, 3.05) is 11.9 Å². The first-order valence-corrected chi connectivity index (χ1v) is 9.65. The number of rotatable bonds is 4. The van der Waals surface area contributed by atoms with Crippen molar-refractivity contribution in [3.8, 4) is 11.5 Å². The monoisotopic (exact) mass is 436 g/mol. The maximum absolute atomic E-state index is 14.7. The average Bonchev–Trinajstić information content (AvgIpc) is 3.30. The van der Waals surface area contributed by atoms with Crippen LogP contribution in [0.2, 0.25) is 0 Å². The van der Waals surface area contributed by atoms with Gasteiger partial charge in [0.1, 0.15) is 11.4 Å². The van der Waals surface area contributed by atoms with Gasteiger partial charge in [0, 0.05) is 36.8 Å². The van der Waals surface area contributed by atoms with Crippen LogP contribution in [0.25, 0.3) is 11.0 Å². The molecule has 1 aliphatic heterocycles. The highest BCUT2D eigenvalue weighted by Crippen LogP contribution is 2.50. The molecule has 2 aromatic heterocycles. The van der Waals surface area contributed by atoms with Crippen LogP contribution in [-0.2, 0) is 6.18 Å². The van der Waals surface area contributed by atoms with E-state index < -0.39 is 34.5 Å². The van der Waals surface area contributed by atoms with E-state index in [2.05, 4.69) is 20.6 Å². The van der Waals surface area contributed by atoms with Gasteiger partial charge in [-0.15, -0.1) is 0 Å². The van der Waals surface area contributed by atoms with Crippen molar-refractivity contribution >= 4 is 16.7 Å². The number of allylic oxidation sites excluding steroid dienone is 1. The van der Waals surface area contributed by atoms with Gasteiger partial charge in [0.2, 0.25) is 0 Å². The van der Waals surface area contributed by atoms with Gasteiger partial charge in [-0.25, -0.2) is 13.8 Å². The number of aromatic amines is 1. The van der Waals surface area contributed by atoms with Crippen LogP contribution in [0.15, 0.2) is 42.5 Å². The van der Waals surface area contributed by atoms with Gasteiger partial charge < -0.3 is 20.4 Å². The molecule has 5 nitrogen and oxygen atoms in total. The summed E-state index contributed by atoms with van der Waals surface area (Å²) in [7, 11) is 0. The molecule has 3 N–H and O–H groups in total. The van der Waals surface area contributed by atoms with Crippen LogP contribution in [0, 0.1) is 17.0 Å². The highest BCUT2D eigenvalue weighted by atomic mass is 19.4. The summed E-state index contributed by atoms with van der Waals surface area (Å²) in [5.41, 5.74) is -0.658. The number of halogens is 5. The van der Waals surface area contributed by atoms with E-state index in [0.29, 0.717) is 11.2 Å². The summed E-state index contributed by atoms with van der Waals surface area (Å²) in [5.74, 6) is -2.60. The van der Waals surface area contributed by atoms with Crippen LogP contribution in [0.4, 0.5) is 27.6 Å². The van der Waals surface area contributed by atoms with Crippen molar-refractivity contribution < 1.29 is 26.7 Å². The van der Waals surface area contributed by atoms with E-state index in [4.69, 9.17) is 4.74 Å². The Labute approximate surface area is 173 Å². The van der Waals surface area contributed by atoms with E-state index in [9.17, 15) is 22.0 Å². The Hall–Kier alpha value is -3.30. The van der Waals surface area contributed by atoms with Crippen LogP contribution >= 0.6 is 0 Å². The molecule has 1 aliphatic carbocycles. The molecule has 0 amide bonds. The number of H-pyrrole nitrogens is 1. The molecule has 0 unspecified atom stereocenters. The topological polar surface area (TPSA) is 62.0 Å². The Morgan fingerprint density at radius 3 is 2.48 bits per heavy atom. The molecule has 0 radical (unpaired) electrons. The fraction of sp³-hybridized carbons (Fsp3) is 0.286. The minimum atomic E-state index is -4.69. The molecular weight excluding hydrogens is 419 g/mol. The van der Waals surface area contributed by atoms with Crippen LogP contribution in [0.1, 0.15) is 24.8 Å². The fourth-order valence-electron chi connectivity index (χ4n) is 3.73. The quantitative estimate of drug-likeness (QED) is 0.461. The summed E-state index contributed by atoms with van der Waals surface area (Å²) in [6.45, 7) is 0.800. The zero-order valence-corrected chi connectivity index (χ0v) is 16.0. The SMILES string of the molecule is Fc1cc(NC2=CCC3(CC3)CN2)cc(F)c1Oc1ccnc2[nH]cc(C(F)(F)F)c12. The van der Waals surface area contributed by atoms with Gasteiger partial charge in [-0.3, -0.25) is 0 Å². The van der Waals surface area contributed by atoms with Crippen LogP contribution in [0.3, 0.4) is 0 Å². The molecule has 10 heteroatoms. The smallest absolute Gasteiger partial charge is 0.418 e. The second-order valence-electron chi connectivity index (χ2n) is 7.90. The van der Waals surface area contributed by atoms with Gasteiger partial charge in [0.15, 0.2) is 17.4 Å². The van der Waals surface area contributed by atoms with Crippen LogP contribution in [-0.4, -0.2) is 16.5 Å². The Morgan fingerprint density at radius 2 is 1.87 bits per heavy atom. The number of pyridine rings is 1. The molecule has 5 rings (SSSR count). The van der Waals surface area contributed by atoms with Crippen molar-refractivity contribution in [1.29, 1.82) is 0 Å². The maximum Gasteiger partial charge on any atom is 0.418 e. The van der Waals surface area contributed by atoms with E-state index in [1.54, 1.807) is 0 Å². The largest absolute Gasteiger partial charge is 0.450 e. The zero-order chi connectivity index (χ0) is 21.8. The highest BCUT2D eigenvalue weighted by Gasteiger charge is 2.43. The molecule has 0 atom stereocenters. The molecule has 3 heterocycles. The third-order valence-corrected chi connectivity index (χ3v) is 5.68. The summed E-state index contributed by atoms with van der Waals surface area (Å²) in [4.78, 5) is 6.20. The third-order valence-electron chi connectivity index (χ3n) is 5.68. The first kappa shape index (κ1) is 19.7. The van der Waals surface area contributed by atoms with E-state index >= 15 is 0 Å². The molecule has 0 saturated heterocycles. The van der Waals surface area contributed by atoms with Crippen LogP contribution in [0.5, 0.6) is 11.5 Å². The molecule has 1 fully saturated rings. The lowest BCUT2D eigenvalue weighted by Gasteiger charge is -2.24. The number of nitrogens with zero attached hydrogens (tertiary/aromatic N) is 1. The number of fused-ring (bicyclic) bond motifs is 1. The Morgan fingerprint density at radius 1 is 1.13 bits per heavy atom. The van der Waals surface area contributed by atoms with Gasteiger partial charge >= 0.3 is 6.18 Å². The predicted molar refractivity (Wildman–Crippen MR) is 104 cm³/mol. The third kappa shape index (κ3) is 3.66. The predicted octanol–water partition coefficient (Wildman–Crippen LogP) is 5.68. The normalized spacial score (nSPS) is 17.4. The van der Waals surface area contributed by atoms with Gasteiger partial charge in [0.25, 0.3) is 0 Å². The molecule has 1 saturated carbocycles. The summed E-state index contributed by atoms with van der Waals surface area (Å²) in [5, 5.41) is 5.73. The second-order valence-corrected chi connectivity index (χ2v) is 7.90. The zero-order valence-electron chi connectivity index (χ0n) is 16.0. The van der Waals surface area contributed by atoms with Crippen molar-refractivity contribution in [2.24, 2.45) is 5.41 Å². The number of alkyl halides is 3. The highest BCUT2D eigenvalue weighted by molar-refractivity contribution is 5.87. The first-order chi connectivity index (χ1) is 14.7. The Kier molecular flexibility index (Phi) is 4.35. The van der Waals surface area contributed by atoms with E-state index in [-0.39, 0.29) is 17.1 Å². The molecule has 3 aromatic rings. The van der Waals surface area contributed by atoms with Gasteiger partial charge in [-0.2, -0.15) is 13.2 Å². The molecule has 0 bridgehead atoms. The van der Waals surface area contributed by atoms with Crippen molar-refractivity contribution in [3.63, 3.8) is 0 Å². The van der Waals surface area contributed by atoms with Gasteiger partial charge in [-0.1, -0.05) is 0 Å². The minimum absolute atomic E-state index is 0.104. The lowest BCUT2D eigenvalue weighted by molar-refractivity contribution is -0.136. The molecular formula is C21H17F5N4O. The number of hydrogen-bond acceptors (Lipinski definition) is 4. The number of anilines is 1. The van der Waals surface area contributed by atoms with E-state index in [1.807, 2.05) is 6.08 Å². The summed E-state index contributed by atoms with van der Waals surface area (Å²) in [6.07, 6.45) is 2.41. The molecule has 31 heavy (non-hydrogen) atoms.